The number of hydrogen-bond donors (Lipinski definition) is 1. The monoisotopic (exact) mass is 240 g/mol. The summed E-state index contributed by atoms with van der Waals surface area (Å²) in [4.78, 5) is 10.0. The number of non-ortho nitro benzene ring substituents is 1. The summed E-state index contributed by atoms with van der Waals surface area (Å²) in [5, 5.41) is 14.1. The predicted octanol–water partition coefficient (Wildman–Crippen LogP) is 2.91. The molecule has 1 aromatic carbocycles. The number of nitrogens with one attached hydrogen (secondary N) is 1. The molecule has 0 bridgehead atoms. The van der Waals surface area contributed by atoms with Gasteiger partial charge < -0.3 is 5.32 Å². The van der Waals surface area contributed by atoms with Gasteiger partial charge in [-0.2, -0.15) is 0 Å². The van der Waals surface area contributed by atoms with Gasteiger partial charge in [0.2, 0.25) is 0 Å². The van der Waals surface area contributed by atoms with Gasteiger partial charge in [0.1, 0.15) is 0 Å². The van der Waals surface area contributed by atoms with Crippen molar-refractivity contribution >= 4 is 17.3 Å². The topological polar surface area (TPSA) is 55.2 Å². The Bertz CT molecular complexity index is 394. The number of halogens is 1. The van der Waals surface area contributed by atoms with E-state index in [-0.39, 0.29) is 5.69 Å². The van der Waals surface area contributed by atoms with Crippen LogP contribution in [0.3, 0.4) is 0 Å². The molecule has 1 rings (SSSR count). The van der Waals surface area contributed by atoms with E-state index < -0.39 is 4.92 Å². The summed E-state index contributed by atoms with van der Waals surface area (Å²) >= 11 is 5.92. The van der Waals surface area contributed by atoms with E-state index in [9.17, 15) is 10.1 Å². The highest BCUT2D eigenvalue weighted by atomic mass is 35.5. The molecule has 0 saturated carbocycles. The van der Waals surface area contributed by atoms with Crippen molar-refractivity contribution in [3.8, 4) is 0 Å². The number of hydrogen-bond acceptors (Lipinski definition) is 3. The van der Waals surface area contributed by atoms with E-state index in [0.29, 0.717) is 11.6 Å². The van der Waals surface area contributed by atoms with Gasteiger partial charge in [-0.25, -0.2) is 0 Å². The number of rotatable bonds is 6. The molecule has 0 atom stereocenters. The van der Waals surface area contributed by atoms with Gasteiger partial charge in [0.25, 0.3) is 5.69 Å². The van der Waals surface area contributed by atoms with Gasteiger partial charge in [0.05, 0.1) is 9.95 Å². The van der Waals surface area contributed by atoms with Crippen LogP contribution in [0.2, 0.25) is 5.02 Å². The molecule has 86 valence electrons. The zero-order valence-corrected chi connectivity index (χ0v) is 9.54. The second kappa shape index (κ2) is 6.25. The molecule has 0 spiro atoms. The highest BCUT2D eigenvalue weighted by Crippen LogP contribution is 2.22. The van der Waals surface area contributed by atoms with Crippen LogP contribution in [0.5, 0.6) is 0 Å². The molecule has 1 aromatic rings. The summed E-state index contributed by atoms with van der Waals surface area (Å²) in [6.07, 6.45) is 2.70. The average molecular weight is 241 g/mol. The predicted molar refractivity (Wildman–Crippen MR) is 64.6 cm³/mol. The maximum atomic E-state index is 10.5. The third-order valence-electron chi connectivity index (χ3n) is 2.09. The fourth-order valence-electron chi connectivity index (χ4n) is 1.22. The highest BCUT2D eigenvalue weighted by Gasteiger charge is 2.08. The lowest BCUT2D eigenvalue weighted by Gasteiger charge is -2.05. The second-order valence-electron chi connectivity index (χ2n) is 3.29. The Kier molecular flexibility index (Phi) is 4.95. The van der Waals surface area contributed by atoms with Crippen LogP contribution in [0.1, 0.15) is 12.0 Å². The number of benzene rings is 1. The quantitative estimate of drug-likeness (QED) is 0.360. The molecule has 5 heteroatoms. The standard InChI is InChI=1S/C11H13ClN2O2/c1-2-3-6-13-8-9-4-5-10(14(15)16)7-11(9)12/h2,4-5,7,13H,1,3,6,8H2. The number of nitrogens with zero attached hydrogens (tertiary/aromatic N) is 1. The smallest absolute Gasteiger partial charge is 0.270 e. The third kappa shape index (κ3) is 3.64. The Balaban J connectivity index is 2.61. The molecule has 0 aliphatic carbocycles. The Labute approximate surface area is 99.1 Å². The van der Waals surface area contributed by atoms with Crippen LogP contribution in [0.25, 0.3) is 0 Å². The molecule has 0 aliphatic heterocycles. The summed E-state index contributed by atoms with van der Waals surface area (Å²) in [7, 11) is 0. The summed E-state index contributed by atoms with van der Waals surface area (Å²) < 4.78 is 0. The van der Waals surface area contributed by atoms with Crippen molar-refractivity contribution in [3.63, 3.8) is 0 Å². The van der Waals surface area contributed by atoms with Crippen molar-refractivity contribution < 1.29 is 4.92 Å². The van der Waals surface area contributed by atoms with E-state index in [1.807, 2.05) is 6.08 Å². The zero-order chi connectivity index (χ0) is 12.0. The zero-order valence-electron chi connectivity index (χ0n) is 8.78. The molecule has 0 aromatic heterocycles. The highest BCUT2D eigenvalue weighted by molar-refractivity contribution is 6.31. The van der Waals surface area contributed by atoms with Crippen molar-refractivity contribution in [2.75, 3.05) is 6.54 Å². The van der Waals surface area contributed by atoms with Gasteiger partial charge in [-0.1, -0.05) is 17.7 Å². The molecule has 0 saturated heterocycles. The average Bonchev–Trinajstić information content (AvgIpc) is 2.26. The van der Waals surface area contributed by atoms with E-state index in [1.54, 1.807) is 6.07 Å². The van der Waals surface area contributed by atoms with Gasteiger partial charge in [-0.15, -0.1) is 6.58 Å². The first-order valence-electron chi connectivity index (χ1n) is 4.89. The molecule has 1 N–H and O–H groups in total. The van der Waals surface area contributed by atoms with E-state index in [4.69, 9.17) is 11.6 Å². The number of nitro benzene ring substituents is 1. The van der Waals surface area contributed by atoms with Crippen LogP contribution in [0, 0.1) is 10.1 Å². The fraction of sp³-hybridized carbons (Fsp3) is 0.273. The lowest BCUT2D eigenvalue weighted by Crippen LogP contribution is -2.14. The van der Waals surface area contributed by atoms with Gasteiger partial charge in [-0.05, 0) is 24.6 Å². The molecule has 0 fully saturated rings. The van der Waals surface area contributed by atoms with Crippen LogP contribution in [-0.2, 0) is 6.54 Å². The lowest BCUT2D eigenvalue weighted by molar-refractivity contribution is -0.384. The summed E-state index contributed by atoms with van der Waals surface area (Å²) in [5.41, 5.74) is 0.871. The maximum absolute atomic E-state index is 10.5. The second-order valence-corrected chi connectivity index (χ2v) is 3.69. The van der Waals surface area contributed by atoms with Crippen LogP contribution >= 0.6 is 11.6 Å². The van der Waals surface area contributed by atoms with Gasteiger partial charge >= 0.3 is 0 Å². The minimum atomic E-state index is -0.458. The number of nitro groups is 1. The van der Waals surface area contributed by atoms with E-state index >= 15 is 0 Å². The molecular formula is C11H13ClN2O2. The first kappa shape index (κ1) is 12.7. The molecule has 16 heavy (non-hydrogen) atoms. The Morgan fingerprint density at radius 3 is 2.88 bits per heavy atom. The fourth-order valence-corrected chi connectivity index (χ4v) is 1.46. The van der Waals surface area contributed by atoms with E-state index in [1.165, 1.54) is 12.1 Å². The van der Waals surface area contributed by atoms with Crippen LogP contribution < -0.4 is 5.32 Å². The van der Waals surface area contributed by atoms with Crippen molar-refractivity contribution in [1.82, 2.24) is 5.32 Å². The molecule has 0 radical (unpaired) electrons. The molecule has 0 heterocycles. The Morgan fingerprint density at radius 1 is 1.56 bits per heavy atom. The van der Waals surface area contributed by atoms with E-state index in [0.717, 1.165) is 18.5 Å². The summed E-state index contributed by atoms with van der Waals surface area (Å²) in [6.45, 7) is 5.03. The minimum Gasteiger partial charge on any atom is -0.312 e. The van der Waals surface area contributed by atoms with Crippen molar-refractivity contribution in [2.45, 2.75) is 13.0 Å². The molecular weight excluding hydrogens is 228 g/mol. The van der Waals surface area contributed by atoms with Crippen molar-refractivity contribution in [2.24, 2.45) is 0 Å². The van der Waals surface area contributed by atoms with Crippen molar-refractivity contribution in [1.29, 1.82) is 0 Å². The van der Waals surface area contributed by atoms with E-state index in [2.05, 4.69) is 11.9 Å². The van der Waals surface area contributed by atoms with Gasteiger partial charge in [-0.3, -0.25) is 10.1 Å². The van der Waals surface area contributed by atoms with Crippen molar-refractivity contribution in [3.05, 3.63) is 51.6 Å². The summed E-state index contributed by atoms with van der Waals surface area (Å²) in [6, 6.07) is 4.49. The van der Waals surface area contributed by atoms with Gasteiger partial charge in [0.15, 0.2) is 0 Å². The first-order valence-corrected chi connectivity index (χ1v) is 5.27. The lowest BCUT2D eigenvalue weighted by atomic mass is 10.2. The first-order chi connectivity index (χ1) is 7.65. The molecule has 0 amide bonds. The molecule has 0 unspecified atom stereocenters. The maximum Gasteiger partial charge on any atom is 0.270 e. The largest absolute Gasteiger partial charge is 0.312 e. The SMILES string of the molecule is C=CCCNCc1ccc([N+](=O)[O-])cc1Cl. The third-order valence-corrected chi connectivity index (χ3v) is 2.44. The Hall–Kier alpha value is -1.39. The summed E-state index contributed by atoms with van der Waals surface area (Å²) in [5.74, 6) is 0. The molecule has 0 aliphatic rings. The minimum absolute atomic E-state index is 0.0137. The molecule has 4 nitrogen and oxygen atoms in total. The Morgan fingerprint density at radius 2 is 2.31 bits per heavy atom. The normalized spacial score (nSPS) is 10.1. The van der Waals surface area contributed by atoms with Crippen LogP contribution in [0.4, 0.5) is 5.69 Å². The van der Waals surface area contributed by atoms with Crippen LogP contribution in [0.15, 0.2) is 30.9 Å². The van der Waals surface area contributed by atoms with Gasteiger partial charge in [0, 0.05) is 18.7 Å². The van der Waals surface area contributed by atoms with Crippen LogP contribution in [-0.4, -0.2) is 11.5 Å².